The van der Waals surface area contributed by atoms with Crippen molar-refractivity contribution in [2.24, 2.45) is 0 Å². The Morgan fingerprint density at radius 3 is 2.67 bits per heavy atom. The third kappa shape index (κ3) is 3.52. The van der Waals surface area contributed by atoms with Crippen LogP contribution >= 0.6 is 11.6 Å². The molecule has 2 aromatic rings. The van der Waals surface area contributed by atoms with Gasteiger partial charge in [0.2, 0.25) is 10.0 Å². The normalized spacial score (nSPS) is 16.7. The van der Waals surface area contributed by atoms with E-state index in [4.69, 9.17) is 11.6 Å². The molecule has 24 heavy (non-hydrogen) atoms. The standard InChI is InChI=1S/C14H18ClN5O3S/c1-9-7-16-13-11(15)12(17-20(13)8-9)14(21)19-5-3-10(4-6-19)18-24(2,22)23/h7-8,10,18H,3-6H2,1-2H3. The Labute approximate surface area is 144 Å². The first-order valence-electron chi connectivity index (χ1n) is 7.51. The number of aromatic nitrogens is 3. The van der Waals surface area contributed by atoms with Gasteiger partial charge in [0.25, 0.3) is 5.91 Å². The molecule has 0 spiro atoms. The van der Waals surface area contributed by atoms with Crippen molar-refractivity contribution in [1.29, 1.82) is 0 Å². The number of hydrogen-bond donors (Lipinski definition) is 1. The smallest absolute Gasteiger partial charge is 0.276 e. The molecule has 10 heteroatoms. The summed E-state index contributed by atoms with van der Waals surface area (Å²) in [7, 11) is -3.24. The van der Waals surface area contributed by atoms with Crippen LogP contribution in [0.25, 0.3) is 5.65 Å². The van der Waals surface area contributed by atoms with E-state index in [2.05, 4.69) is 14.8 Å². The largest absolute Gasteiger partial charge is 0.337 e. The molecule has 1 fully saturated rings. The molecular weight excluding hydrogens is 354 g/mol. The number of sulfonamides is 1. The van der Waals surface area contributed by atoms with Crippen LogP contribution in [-0.4, -0.2) is 59.2 Å². The number of carbonyl (C=O) groups excluding carboxylic acids is 1. The number of piperidine rings is 1. The molecule has 2 aromatic heterocycles. The Balaban J connectivity index is 1.75. The van der Waals surface area contributed by atoms with Crippen LogP contribution in [0.15, 0.2) is 12.4 Å². The molecule has 3 heterocycles. The number of nitrogens with zero attached hydrogens (tertiary/aromatic N) is 4. The summed E-state index contributed by atoms with van der Waals surface area (Å²) in [6.07, 6.45) is 5.67. The van der Waals surface area contributed by atoms with Gasteiger partial charge in [0.15, 0.2) is 11.3 Å². The summed E-state index contributed by atoms with van der Waals surface area (Å²) in [5.41, 5.74) is 1.52. The Morgan fingerprint density at radius 2 is 2.04 bits per heavy atom. The van der Waals surface area contributed by atoms with Crippen molar-refractivity contribution in [2.45, 2.75) is 25.8 Å². The van der Waals surface area contributed by atoms with Gasteiger partial charge in [-0.05, 0) is 25.3 Å². The van der Waals surface area contributed by atoms with Crippen LogP contribution in [0.2, 0.25) is 5.02 Å². The van der Waals surface area contributed by atoms with Crippen LogP contribution in [0.4, 0.5) is 0 Å². The molecular formula is C14H18ClN5O3S. The van der Waals surface area contributed by atoms with Gasteiger partial charge in [-0.15, -0.1) is 0 Å². The van der Waals surface area contributed by atoms with Crippen molar-refractivity contribution in [3.05, 3.63) is 28.7 Å². The number of nitrogens with one attached hydrogen (secondary N) is 1. The second-order valence-corrected chi connectivity index (χ2v) is 8.18. The average molecular weight is 372 g/mol. The fourth-order valence-corrected chi connectivity index (χ4v) is 3.89. The van der Waals surface area contributed by atoms with E-state index in [-0.39, 0.29) is 22.7 Å². The van der Waals surface area contributed by atoms with Gasteiger partial charge >= 0.3 is 0 Å². The first-order valence-corrected chi connectivity index (χ1v) is 9.78. The molecule has 3 rings (SSSR count). The average Bonchev–Trinajstić information content (AvgIpc) is 2.82. The molecule has 0 bridgehead atoms. The lowest BCUT2D eigenvalue weighted by molar-refractivity contribution is 0.0705. The van der Waals surface area contributed by atoms with E-state index in [1.54, 1.807) is 17.3 Å². The number of aryl methyl sites for hydroxylation is 1. The van der Waals surface area contributed by atoms with Crippen molar-refractivity contribution < 1.29 is 13.2 Å². The number of carbonyl (C=O) groups is 1. The molecule has 0 saturated carbocycles. The van der Waals surface area contributed by atoms with Crippen LogP contribution in [0.5, 0.6) is 0 Å². The van der Waals surface area contributed by atoms with E-state index in [1.807, 2.05) is 6.92 Å². The molecule has 0 radical (unpaired) electrons. The summed E-state index contributed by atoms with van der Waals surface area (Å²) in [5.74, 6) is -0.263. The molecule has 1 saturated heterocycles. The van der Waals surface area contributed by atoms with Crippen LogP contribution in [0.3, 0.4) is 0 Å². The highest BCUT2D eigenvalue weighted by molar-refractivity contribution is 7.88. The second-order valence-electron chi connectivity index (χ2n) is 6.02. The molecule has 1 aliphatic rings. The number of halogens is 1. The maximum absolute atomic E-state index is 12.7. The number of rotatable bonds is 3. The van der Waals surface area contributed by atoms with Crippen LogP contribution in [0.1, 0.15) is 28.9 Å². The van der Waals surface area contributed by atoms with Crippen molar-refractivity contribution in [1.82, 2.24) is 24.2 Å². The van der Waals surface area contributed by atoms with Gasteiger partial charge in [-0.3, -0.25) is 4.79 Å². The zero-order valence-corrected chi connectivity index (χ0v) is 14.9. The van der Waals surface area contributed by atoms with Gasteiger partial charge in [-0.25, -0.2) is 22.6 Å². The molecule has 1 amide bonds. The van der Waals surface area contributed by atoms with E-state index in [0.717, 1.165) is 11.8 Å². The van der Waals surface area contributed by atoms with Crippen LogP contribution in [-0.2, 0) is 10.0 Å². The fourth-order valence-electron chi connectivity index (χ4n) is 2.79. The van der Waals surface area contributed by atoms with E-state index in [0.29, 0.717) is 31.6 Å². The Kier molecular flexibility index (Phi) is 4.50. The summed E-state index contributed by atoms with van der Waals surface area (Å²) in [4.78, 5) is 18.5. The highest BCUT2D eigenvalue weighted by atomic mass is 35.5. The minimum Gasteiger partial charge on any atom is -0.337 e. The summed E-state index contributed by atoms with van der Waals surface area (Å²) in [5, 5.41) is 4.48. The lowest BCUT2D eigenvalue weighted by Crippen LogP contribution is -2.46. The quantitative estimate of drug-likeness (QED) is 0.862. The van der Waals surface area contributed by atoms with Gasteiger partial charge in [-0.1, -0.05) is 11.6 Å². The Morgan fingerprint density at radius 1 is 1.38 bits per heavy atom. The SMILES string of the molecule is Cc1cnc2c(Cl)c(C(=O)N3CCC(NS(C)(=O)=O)CC3)nn2c1. The van der Waals surface area contributed by atoms with E-state index in [1.165, 1.54) is 4.52 Å². The predicted molar refractivity (Wildman–Crippen MR) is 89.6 cm³/mol. The molecule has 0 aromatic carbocycles. The fraction of sp³-hybridized carbons (Fsp3) is 0.500. The van der Waals surface area contributed by atoms with Gasteiger partial charge < -0.3 is 4.90 Å². The van der Waals surface area contributed by atoms with Gasteiger partial charge in [0.1, 0.15) is 5.02 Å². The summed E-state index contributed by atoms with van der Waals surface area (Å²) in [6, 6.07) is -0.148. The topological polar surface area (TPSA) is 96.7 Å². The summed E-state index contributed by atoms with van der Waals surface area (Å²) >= 11 is 6.25. The minimum atomic E-state index is -3.24. The lowest BCUT2D eigenvalue weighted by atomic mass is 10.1. The maximum atomic E-state index is 12.7. The zero-order valence-electron chi connectivity index (χ0n) is 13.4. The van der Waals surface area contributed by atoms with Crippen molar-refractivity contribution in [3.8, 4) is 0 Å². The Hall–Kier alpha value is -1.71. The highest BCUT2D eigenvalue weighted by Crippen LogP contribution is 2.23. The maximum Gasteiger partial charge on any atom is 0.276 e. The lowest BCUT2D eigenvalue weighted by Gasteiger charge is -2.31. The van der Waals surface area contributed by atoms with Crippen LogP contribution in [0, 0.1) is 6.92 Å². The predicted octanol–water partition coefficient (Wildman–Crippen LogP) is 0.845. The van der Waals surface area contributed by atoms with Gasteiger partial charge in [-0.2, -0.15) is 5.10 Å². The minimum absolute atomic E-state index is 0.148. The van der Waals surface area contributed by atoms with Gasteiger partial charge in [0.05, 0.1) is 6.26 Å². The molecule has 0 atom stereocenters. The second kappa shape index (κ2) is 6.30. The third-order valence-electron chi connectivity index (χ3n) is 3.91. The summed E-state index contributed by atoms with van der Waals surface area (Å²) in [6.45, 7) is 2.77. The number of fused-ring (bicyclic) bond motifs is 1. The summed E-state index contributed by atoms with van der Waals surface area (Å²) < 4.78 is 26.6. The van der Waals surface area contributed by atoms with Crippen molar-refractivity contribution in [2.75, 3.05) is 19.3 Å². The number of likely N-dealkylation sites (tertiary alicyclic amines) is 1. The van der Waals surface area contributed by atoms with Crippen LogP contribution < -0.4 is 4.72 Å². The number of amides is 1. The molecule has 8 nitrogen and oxygen atoms in total. The molecule has 0 unspecified atom stereocenters. The molecule has 1 N–H and O–H groups in total. The zero-order chi connectivity index (χ0) is 17.5. The monoisotopic (exact) mass is 371 g/mol. The first kappa shape index (κ1) is 17.1. The third-order valence-corrected chi connectivity index (χ3v) is 5.02. The molecule has 0 aliphatic carbocycles. The van der Waals surface area contributed by atoms with E-state index >= 15 is 0 Å². The van der Waals surface area contributed by atoms with E-state index < -0.39 is 10.0 Å². The molecule has 130 valence electrons. The van der Waals surface area contributed by atoms with Crippen molar-refractivity contribution >= 4 is 33.2 Å². The van der Waals surface area contributed by atoms with Crippen molar-refractivity contribution in [3.63, 3.8) is 0 Å². The van der Waals surface area contributed by atoms with E-state index in [9.17, 15) is 13.2 Å². The first-order chi connectivity index (χ1) is 11.2. The Bertz CT molecular complexity index is 887. The molecule has 1 aliphatic heterocycles. The highest BCUT2D eigenvalue weighted by Gasteiger charge is 2.28. The van der Waals surface area contributed by atoms with Gasteiger partial charge in [0, 0.05) is 31.5 Å². The number of hydrogen-bond acceptors (Lipinski definition) is 5.